The molecule has 0 nitrogen and oxygen atoms in total. The van der Waals surface area contributed by atoms with Crippen molar-refractivity contribution in [3.05, 3.63) is 47.0 Å². The van der Waals surface area contributed by atoms with Gasteiger partial charge in [-0.1, -0.05) is 55.3 Å². The highest BCUT2D eigenvalue weighted by molar-refractivity contribution is 6.35. The molecule has 0 spiro atoms. The maximum Gasteiger partial charge on any atom is 0.0484 e. The lowest BCUT2D eigenvalue weighted by molar-refractivity contribution is 0.930. The molecule has 0 radical (unpaired) electrons. The molecule has 2 aromatic carbocycles. The lowest BCUT2D eigenvalue weighted by atomic mass is 10.0. The Hall–Kier alpha value is -1.01. The Morgan fingerprint density at radius 1 is 1.00 bits per heavy atom. The zero-order valence-electron chi connectivity index (χ0n) is 8.26. The molecule has 0 unspecified atom stereocenters. The monoisotopic (exact) mass is 204 g/mol. The van der Waals surface area contributed by atoms with Crippen LogP contribution < -0.4 is 0 Å². The van der Waals surface area contributed by atoms with E-state index in [1.54, 1.807) is 0 Å². The Balaban J connectivity index is 2.68. The van der Waals surface area contributed by atoms with E-state index in [1.807, 2.05) is 12.1 Å². The summed E-state index contributed by atoms with van der Waals surface area (Å²) >= 11 is 6.13. The third-order valence-corrected chi connectivity index (χ3v) is 2.81. The third kappa shape index (κ3) is 1.62. The largest absolute Gasteiger partial charge is 0.0837 e. The van der Waals surface area contributed by atoms with Gasteiger partial charge in [-0.05, 0) is 23.4 Å². The van der Waals surface area contributed by atoms with Gasteiger partial charge in [0.2, 0.25) is 0 Å². The van der Waals surface area contributed by atoms with Gasteiger partial charge >= 0.3 is 0 Å². The Labute approximate surface area is 89.5 Å². The van der Waals surface area contributed by atoms with Crippen molar-refractivity contribution >= 4 is 22.4 Å². The van der Waals surface area contributed by atoms with Crippen molar-refractivity contribution in [1.82, 2.24) is 0 Å². The first kappa shape index (κ1) is 9.54. The number of benzene rings is 2. The SMILES string of the molecule is CCCc1cccc2c(Cl)cccc12. The number of hydrogen-bond donors (Lipinski definition) is 0. The Kier molecular flexibility index (Phi) is 2.74. The van der Waals surface area contributed by atoms with Crippen LogP contribution in [0, 0.1) is 0 Å². The molecule has 0 bridgehead atoms. The van der Waals surface area contributed by atoms with Crippen LogP contribution in [-0.2, 0) is 6.42 Å². The average molecular weight is 205 g/mol. The van der Waals surface area contributed by atoms with Gasteiger partial charge in [0, 0.05) is 10.4 Å². The second-order valence-corrected chi connectivity index (χ2v) is 3.91. The highest BCUT2D eigenvalue weighted by Gasteiger charge is 2.01. The van der Waals surface area contributed by atoms with Gasteiger partial charge in [0.25, 0.3) is 0 Å². The molecule has 2 rings (SSSR count). The third-order valence-electron chi connectivity index (χ3n) is 2.48. The minimum absolute atomic E-state index is 0.848. The van der Waals surface area contributed by atoms with Crippen molar-refractivity contribution in [2.45, 2.75) is 19.8 Å². The first-order chi connectivity index (χ1) is 6.83. The zero-order chi connectivity index (χ0) is 9.97. The van der Waals surface area contributed by atoms with Crippen LogP contribution in [-0.4, -0.2) is 0 Å². The molecule has 0 amide bonds. The molecule has 0 N–H and O–H groups in total. The number of halogens is 1. The minimum atomic E-state index is 0.848. The molecule has 0 aliphatic heterocycles. The molecule has 0 aliphatic carbocycles. The molecule has 2 aromatic rings. The fourth-order valence-electron chi connectivity index (χ4n) is 1.82. The molecule has 0 aromatic heterocycles. The van der Waals surface area contributed by atoms with E-state index in [9.17, 15) is 0 Å². The summed E-state index contributed by atoms with van der Waals surface area (Å²) in [6.45, 7) is 2.20. The summed E-state index contributed by atoms with van der Waals surface area (Å²) in [4.78, 5) is 0. The van der Waals surface area contributed by atoms with Gasteiger partial charge in [0.1, 0.15) is 0 Å². The van der Waals surface area contributed by atoms with Crippen LogP contribution >= 0.6 is 11.6 Å². The van der Waals surface area contributed by atoms with E-state index >= 15 is 0 Å². The van der Waals surface area contributed by atoms with Crippen LogP contribution in [0.15, 0.2) is 36.4 Å². The maximum atomic E-state index is 6.13. The van der Waals surface area contributed by atoms with Gasteiger partial charge < -0.3 is 0 Å². The summed E-state index contributed by atoms with van der Waals surface area (Å²) in [6.07, 6.45) is 2.29. The summed E-state index contributed by atoms with van der Waals surface area (Å²) in [6, 6.07) is 12.5. The van der Waals surface area contributed by atoms with Crippen molar-refractivity contribution in [2.75, 3.05) is 0 Å². The van der Waals surface area contributed by atoms with Gasteiger partial charge in [-0.25, -0.2) is 0 Å². The smallest absolute Gasteiger partial charge is 0.0484 e. The minimum Gasteiger partial charge on any atom is -0.0837 e. The Morgan fingerprint density at radius 3 is 2.50 bits per heavy atom. The second-order valence-electron chi connectivity index (χ2n) is 3.50. The van der Waals surface area contributed by atoms with E-state index in [2.05, 4.69) is 31.2 Å². The lowest BCUT2D eigenvalue weighted by Gasteiger charge is -2.05. The normalized spacial score (nSPS) is 10.7. The van der Waals surface area contributed by atoms with Crippen LogP contribution in [0.2, 0.25) is 5.02 Å². The topological polar surface area (TPSA) is 0 Å². The van der Waals surface area contributed by atoms with Gasteiger partial charge in [0.15, 0.2) is 0 Å². The van der Waals surface area contributed by atoms with Crippen molar-refractivity contribution < 1.29 is 0 Å². The molecule has 0 heterocycles. The predicted octanol–water partition coefficient (Wildman–Crippen LogP) is 4.45. The van der Waals surface area contributed by atoms with E-state index in [0.29, 0.717) is 0 Å². The van der Waals surface area contributed by atoms with Crippen LogP contribution in [0.4, 0.5) is 0 Å². The fourth-order valence-corrected chi connectivity index (χ4v) is 2.06. The van der Waals surface area contributed by atoms with E-state index in [4.69, 9.17) is 11.6 Å². The predicted molar refractivity (Wildman–Crippen MR) is 63.0 cm³/mol. The molecule has 0 fully saturated rings. The van der Waals surface area contributed by atoms with E-state index < -0.39 is 0 Å². The Bertz CT molecular complexity index is 446. The van der Waals surface area contributed by atoms with Crippen molar-refractivity contribution in [3.63, 3.8) is 0 Å². The van der Waals surface area contributed by atoms with Crippen LogP contribution in [0.1, 0.15) is 18.9 Å². The molecule has 0 aliphatic rings. The summed E-state index contributed by atoms with van der Waals surface area (Å²) in [5.74, 6) is 0. The first-order valence-electron chi connectivity index (χ1n) is 4.99. The molecule has 14 heavy (non-hydrogen) atoms. The number of fused-ring (bicyclic) bond motifs is 1. The second kappa shape index (κ2) is 4.02. The maximum absolute atomic E-state index is 6.13. The van der Waals surface area contributed by atoms with E-state index in [1.165, 1.54) is 22.8 Å². The van der Waals surface area contributed by atoms with Gasteiger partial charge in [-0.3, -0.25) is 0 Å². The molecule has 1 heteroatoms. The quantitative estimate of drug-likeness (QED) is 0.678. The first-order valence-corrected chi connectivity index (χ1v) is 5.37. The molecule has 0 saturated heterocycles. The molecular weight excluding hydrogens is 192 g/mol. The van der Waals surface area contributed by atoms with Crippen molar-refractivity contribution in [1.29, 1.82) is 0 Å². The van der Waals surface area contributed by atoms with Crippen LogP contribution in [0.5, 0.6) is 0 Å². The van der Waals surface area contributed by atoms with Crippen LogP contribution in [0.3, 0.4) is 0 Å². The average Bonchev–Trinajstić information content (AvgIpc) is 2.20. The summed E-state index contributed by atoms with van der Waals surface area (Å²) in [5, 5.41) is 3.31. The van der Waals surface area contributed by atoms with E-state index in [0.717, 1.165) is 11.4 Å². The summed E-state index contributed by atoms with van der Waals surface area (Å²) < 4.78 is 0. The molecule has 0 atom stereocenters. The Morgan fingerprint density at radius 2 is 1.71 bits per heavy atom. The fraction of sp³-hybridized carbons (Fsp3) is 0.231. The number of aryl methyl sites for hydroxylation is 1. The lowest BCUT2D eigenvalue weighted by Crippen LogP contribution is -1.85. The van der Waals surface area contributed by atoms with Gasteiger partial charge in [-0.2, -0.15) is 0 Å². The van der Waals surface area contributed by atoms with Crippen molar-refractivity contribution in [3.8, 4) is 0 Å². The molecule has 0 saturated carbocycles. The summed E-state index contributed by atoms with van der Waals surface area (Å²) in [5.41, 5.74) is 1.40. The van der Waals surface area contributed by atoms with Gasteiger partial charge in [0.05, 0.1) is 0 Å². The number of rotatable bonds is 2. The standard InChI is InChI=1S/C13H13Cl/c1-2-5-10-6-3-8-12-11(10)7-4-9-13(12)14/h3-4,6-9H,2,5H2,1H3. The highest BCUT2D eigenvalue weighted by atomic mass is 35.5. The molecule has 72 valence electrons. The zero-order valence-corrected chi connectivity index (χ0v) is 9.01. The number of hydrogen-bond acceptors (Lipinski definition) is 0. The van der Waals surface area contributed by atoms with Crippen LogP contribution in [0.25, 0.3) is 10.8 Å². The highest BCUT2D eigenvalue weighted by Crippen LogP contribution is 2.26. The van der Waals surface area contributed by atoms with Crippen molar-refractivity contribution in [2.24, 2.45) is 0 Å². The van der Waals surface area contributed by atoms with Gasteiger partial charge in [-0.15, -0.1) is 0 Å². The molecular formula is C13H13Cl. The van der Waals surface area contributed by atoms with E-state index in [-0.39, 0.29) is 0 Å². The summed E-state index contributed by atoms with van der Waals surface area (Å²) in [7, 11) is 0.